The Labute approximate surface area is 171 Å². The van der Waals surface area contributed by atoms with Crippen LogP contribution in [0.3, 0.4) is 0 Å². The fourth-order valence-electron chi connectivity index (χ4n) is 3.96. The van der Waals surface area contributed by atoms with Crippen LogP contribution in [0, 0.1) is 11.8 Å². The van der Waals surface area contributed by atoms with E-state index in [1.807, 2.05) is 0 Å². The first-order valence-corrected chi connectivity index (χ1v) is 10.9. The summed E-state index contributed by atoms with van der Waals surface area (Å²) >= 11 is 3.38. The van der Waals surface area contributed by atoms with Crippen LogP contribution in [0.2, 0.25) is 0 Å². The van der Waals surface area contributed by atoms with Crippen molar-refractivity contribution in [2.45, 2.75) is 44.6 Å². The van der Waals surface area contributed by atoms with Crippen molar-refractivity contribution in [2.24, 2.45) is 11.8 Å². The van der Waals surface area contributed by atoms with Crippen LogP contribution in [-0.4, -0.2) is 72.5 Å². The highest BCUT2D eigenvalue weighted by molar-refractivity contribution is 9.10. The van der Waals surface area contributed by atoms with Crippen LogP contribution in [0.1, 0.15) is 38.5 Å². The van der Waals surface area contributed by atoms with Crippen molar-refractivity contribution in [3.8, 4) is 0 Å². The predicted octanol–water partition coefficient (Wildman–Crippen LogP) is 3.03. The molecule has 0 spiro atoms. The zero-order chi connectivity index (χ0) is 19.4. The smallest absolute Gasteiger partial charge is 0.225 e. The minimum absolute atomic E-state index is 0.221. The minimum atomic E-state index is 0.221. The summed E-state index contributed by atoms with van der Waals surface area (Å²) in [7, 11) is 6.20. The van der Waals surface area contributed by atoms with Crippen LogP contribution >= 0.6 is 15.9 Å². The average Bonchev–Trinajstić information content (AvgIpc) is 3.47. The lowest BCUT2D eigenvalue weighted by molar-refractivity contribution is -0.137. The molecule has 150 valence electrons. The summed E-state index contributed by atoms with van der Waals surface area (Å²) in [6, 6.07) is 0.510. The Morgan fingerprint density at radius 2 is 1.67 bits per heavy atom. The van der Waals surface area contributed by atoms with Crippen molar-refractivity contribution in [1.82, 2.24) is 19.8 Å². The Kier molecular flexibility index (Phi) is 7.09. The van der Waals surface area contributed by atoms with Gasteiger partial charge in [0, 0.05) is 51.0 Å². The average molecular weight is 438 g/mol. The van der Waals surface area contributed by atoms with Crippen LogP contribution in [-0.2, 0) is 4.79 Å². The molecule has 2 aliphatic carbocycles. The molecule has 27 heavy (non-hydrogen) atoms. The molecule has 0 atom stereocenters. The first kappa shape index (κ1) is 20.5. The zero-order valence-electron chi connectivity index (χ0n) is 16.8. The van der Waals surface area contributed by atoms with Gasteiger partial charge in [0.15, 0.2) is 0 Å². The molecule has 2 saturated carbocycles. The Hall–Kier alpha value is -1.21. The number of aromatic nitrogens is 2. The number of hydrogen-bond acceptors (Lipinski definition) is 5. The number of amides is 1. The number of rotatable bonds is 8. The molecule has 0 radical (unpaired) electrons. The molecular weight excluding hydrogens is 406 g/mol. The largest absolute Gasteiger partial charge is 0.344 e. The maximum atomic E-state index is 13.0. The van der Waals surface area contributed by atoms with Gasteiger partial charge in [0.25, 0.3) is 0 Å². The standard InChI is InChI=1S/C20H32BrN5O/c1-24(2)10-11-26(18-8-9-18)19(27)16-6-4-15(5-7-16)14-25(3)20-22-12-17(21)13-23-20/h12-13,15-16,18H,4-11,14H2,1-3H3/t15-,16-. The van der Waals surface area contributed by atoms with Gasteiger partial charge >= 0.3 is 0 Å². The minimum Gasteiger partial charge on any atom is -0.344 e. The van der Waals surface area contributed by atoms with E-state index in [1.165, 1.54) is 12.8 Å². The van der Waals surface area contributed by atoms with Crippen molar-refractivity contribution in [1.29, 1.82) is 0 Å². The van der Waals surface area contributed by atoms with Crippen LogP contribution in [0.5, 0.6) is 0 Å². The van der Waals surface area contributed by atoms with Gasteiger partial charge in [-0.05, 0) is 74.5 Å². The molecule has 0 bridgehead atoms. The third kappa shape index (κ3) is 5.88. The number of carbonyl (C=O) groups is 1. The summed E-state index contributed by atoms with van der Waals surface area (Å²) in [5.41, 5.74) is 0. The van der Waals surface area contributed by atoms with Gasteiger partial charge in [0.05, 0.1) is 4.47 Å². The summed E-state index contributed by atoms with van der Waals surface area (Å²) in [5.74, 6) is 2.00. The maximum Gasteiger partial charge on any atom is 0.225 e. The van der Waals surface area contributed by atoms with Gasteiger partial charge in [-0.3, -0.25) is 4.79 Å². The van der Waals surface area contributed by atoms with Gasteiger partial charge in [-0.1, -0.05) is 0 Å². The van der Waals surface area contributed by atoms with E-state index >= 15 is 0 Å². The fraction of sp³-hybridized carbons (Fsp3) is 0.750. The van der Waals surface area contributed by atoms with Gasteiger partial charge in [-0.2, -0.15) is 0 Å². The second-order valence-corrected chi connectivity index (χ2v) is 9.28. The van der Waals surface area contributed by atoms with Gasteiger partial charge in [0.2, 0.25) is 11.9 Å². The van der Waals surface area contributed by atoms with Crippen molar-refractivity contribution < 1.29 is 4.79 Å². The second kappa shape index (κ2) is 9.32. The highest BCUT2D eigenvalue weighted by Crippen LogP contribution is 2.34. The highest BCUT2D eigenvalue weighted by Gasteiger charge is 2.37. The molecule has 2 aliphatic rings. The van der Waals surface area contributed by atoms with Gasteiger partial charge in [-0.25, -0.2) is 9.97 Å². The Morgan fingerprint density at radius 3 is 2.22 bits per heavy atom. The molecule has 3 rings (SSSR count). The summed E-state index contributed by atoms with van der Waals surface area (Å²) in [6.45, 7) is 2.78. The quantitative estimate of drug-likeness (QED) is 0.625. The van der Waals surface area contributed by atoms with Crippen LogP contribution in [0.4, 0.5) is 5.95 Å². The van der Waals surface area contributed by atoms with Crippen molar-refractivity contribution in [3.05, 3.63) is 16.9 Å². The maximum absolute atomic E-state index is 13.0. The predicted molar refractivity (Wildman–Crippen MR) is 112 cm³/mol. The molecule has 1 amide bonds. The monoisotopic (exact) mass is 437 g/mol. The number of hydrogen-bond donors (Lipinski definition) is 0. The third-order valence-corrected chi connectivity index (χ3v) is 6.14. The lowest BCUT2D eigenvalue weighted by atomic mass is 9.81. The van der Waals surface area contributed by atoms with E-state index in [0.717, 1.165) is 55.7 Å². The molecule has 0 aromatic carbocycles. The van der Waals surface area contributed by atoms with Crippen molar-refractivity contribution >= 4 is 27.8 Å². The molecule has 0 unspecified atom stereocenters. The van der Waals surface area contributed by atoms with E-state index in [1.54, 1.807) is 12.4 Å². The number of halogens is 1. The summed E-state index contributed by atoms with van der Waals surface area (Å²) < 4.78 is 0.896. The normalized spacial score (nSPS) is 22.7. The van der Waals surface area contributed by atoms with Crippen LogP contribution < -0.4 is 4.90 Å². The lowest BCUT2D eigenvalue weighted by Crippen LogP contribution is -2.43. The number of nitrogens with zero attached hydrogens (tertiary/aromatic N) is 5. The molecule has 1 aromatic rings. The summed E-state index contributed by atoms with van der Waals surface area (Å²) in [6.07, 6.45) is 10.2. The Balaban J connectivity index is 1.47. The van der Waals surface area contributed by atoms with Gasteiger partial charge in [0.1, 0.15) is 0 Å². The molecule has 2 fully saturated rings. The van der Waals surface area contributed by atoms with E-state index in [4.69, 9.17) is 0 Å². The van der Waals surface area contributed by atoms with E-state index < -0.39 is 0 Å². The third-order valence-electron chi connectivity index (χ3n) is 5.74. The highest BCUT2D eigenvalue weighted by atomic mass is 79.9. The van der Waals surface area contributed by atoms with Gasteiger partial charge in [-0.15, -0.1) is 0 Å². The molecule has 6 nitrogen and oxygen atoms in total. The number of anilines is 1. The zero-order valence-corrected chi connectivity index (χ0v) is 18.4. The summed E-state index contributed by atoms with van der Waals surface area (Å²) in [4.78, 5) is 28.3. The van der Waals surface area contributed by atoms with Crippen LogP contribution in [0.25, 0.3) is 0 Å². The van der Waals surface area contributed by atoms with Crippen LogP contribution in [0.15, 0.2) is 16.9 Å². The Morgan fingerprint density at radius 1 is 1.04 bits per heavy atom. The molecule has 1 heterocycles. The van der Waals surface area contributed by atoms with E-state index in [0.29, 0.717) is 17.9 Å². The SMILES string of the molecule is CN(C)CCN(C(=O)[C@H]1CC[C@H](CN(C)c2ncc(Br)cn2)CC1)C1CC1. The number of likely N-dealkylation sites (N-methyl/N-ethyl adjacent to an activating group) is 1. The second-order valence-electron chi connectivity index (χ2n) is 8.37. The van der Waals surface area contributed by atoms with Gasteiger partial charge < -0.3 is 14.7 Å². The molecular formula is C20H32BrN5O. The molecule has 1 aromatic heterocycles. The van der Waals surface area contributed by atoms with Crippen molar-refractivity contribution in [2.75, 3.05) is 45.7 Å². The Bertz CT molecular complexity index is 611. The fourth-order valence-corrected chi connectivity index (χ4v) is 4.17. The topological polar surface area (TPSA) is 52.6 Å². The molecule has 0 aliphatic heterocycles. The first-order valence-electron chi connectivity index (χ1n) is 10.1. The summed E-state index contributed by atoms with van der Waals surface area (Å²) in [5, 5.41) is 0. The molecule has 0 saturated heterocycles. The first-order chi connectivity index (χ1) is 12.9. The van der Waals surface area contributed by atoms with Crippen molar-refractivity contribution in [3.63, 3.8) is 0 Å². The van der Waals surface area contributed by atoms with E-state index in [2.05, 4.69) is 61.7 Å². The lowest BCUT2D eigenvalue weighted by Gasteiger charge is -2.34. The number of carbonyl (C=O) groups excluding carboxylic acids is 1. The molecule has 0 N–H and O–H groups in total. The van der Waals surface area contributed by atoms with E-state index in [-0.39, 0.29) is 5.92 Å². The van der Waals surface area contributed by atoms with E-state index in [9.17, 15) is 4.79 Å². The molecule has 7 heteroatoms.